The van der Waals surface area contributed by atoms with Gasteiger partial charge in [0.1, 0.15) is 0 Å². The van der Waals surface area contributed by atoms with Gasteiger partial charge in [-0.15, -0.1) is 0 Å². The lowest BCUT2D eigenvalue weighted by Gasteiger charge is -2.23. The van der Waals surface area contributed by atoms with E-state index in [-0.39, 0.29) is 6.04 Å². The Hall–Kier alpha value is -1.72. The molecule has 0 radical (unpaired) electrons. The SMILES string of the molecule is COC(=O)N1CCCC1c1ccc(C(F)(F)F)cc1. The normalized spacial score (nSPS) is 19.6. The van der Waals surface area contributed by atoms with Crippen molar-refractivity contribution in [1.29, 1.82) is 0 Å². The van der Waals surface area contributed by atoms with Gasteiger partial charge in [0.25, 0.3) is 0 Å². The highest BCUT2D eigenvalue weighted by atomic mass is 19.4. The second-order valence-electron chi connectivity index (χ2n) is 4.44. The van der Waals surface area contributed by atoms with Crippen molar-refractivity contribution in [2.24, 2.45) is 0 Å². The lowest BCUT2D eigenvalue weighted by Crippen LogP contribution is -2.30. The number of methoxy groups -OCH3 is 1. The van der Waals surface area contributed by atoms with Gasteiger partial charge < -0.3 is 9.64 Å². The zero-order chi connectivity index (χ0) is 14.0. The number of rotatable bonds is 1. The molecule has 1 saturated heterocycles. The minimum absolute atomic E-state index is 0.199. The Morgan fingerprint density at radius 1 is 1.32 bits per heavy atom. The van der Waals surface area contributed by atoms with E-state index in [2.05, 4.69) is 4.74 Å². The van der Waals surface area contributed by atoms with Crippen LogP contribution in [0.2, 0.25) is 0 Å². The molecule has 1 aromatic rings. The van der Waals surface area contributed by atoms with Gasteiger partial charge in [0.15, 0.2) is 0 Å². The molecule has 0 aromatic heterocycles. The Morgan fingerprint density at radius 3 is 2.47 bits per heavy atom. The second kappa shape index (κ2) is 5.11. The molecule has 0 aliphatic carbocycles. The lowest BCUT2D eigenvalue weighted by atomic mass is 10.0. The van der Waals surface area contributed by atoms with Crippen LogP contribution in [0.5, 0.6) is 0 Å². The first-order valence-electron chi connectivity index (χ1n) is 5.95. The standard InChI is InChI=1S/C13H14F3NO2/c1-19-12(18)17-8-2-3-11(17)9-4-6-10(7-5-9)13(14,15)16/h4-7,11H,2-3,8H2,1H3. The molecule has 1 aliphatic heterocycles. The number of nitrogens with zero attached hydrogens (tertiary/aromatic N) is 1. The molecule has 1 fully saturated rings. The first-order valence-corrected chi connectivity index (χ1v) is 5.95. The fraction of sp³-hybridized carbons (Fsp3) is 0.462. The first-order chi connectivity index (χ1) is 8.93. The van der Waals surface area contributed by atoms with E-state index < -0.39 is 17.8 Å². The average molecular weight is 273 g/mol. The van der Waals surface area contributed by atoms with Crippen LogP contribution in [0.1, 0.15) is 30.0 Å². The zero-order valence-electron chi connectivity index (χ0n) is 10.4. The fourth-order valence-corrected chi connectivity index (χ4v) is 2.34. The molecule has 0 spiro atoms. The molecular weight excluding hydrogens is 259 g/mol. The predicted octanol–water partition coefficient (Wildman–Crippen LogP) is 3.61. The monoisotopic (exact) mass is 273 g/mol. The van der Waals surface area contributed by atoms with E-state index in [4.69, 9.17) is 0 Å². The molecule has 0 bridgehead atoms. The van der Waals surface area contributed by atoms with E-state index >= 15 is 0 Å². The van der Waals surface area contributed by atoms with Crippen LogP contribution in [0.4, 0.5) is 18.0 Å². The maximum Gasteiger partial charge on any atom is 0.416 e. The maximum absolute atomic E-state index is 12.5. The summed E-state index contributed by atoms with van der Waals surface area (Å²) in [5.41, 5.74) is 0.0229. The van der Waals surface area contributed by atoms with E-state index in [1.807, 2.05) is 0 Å². The van der Waals surface area contributed by atoms with Crippen LogP contribution in [0.15, 0.2) is 24.3 Å². The van der Waals surface area contributed by atoms with Gasteiger partial charge in [-0.2, -0.15) is 13.2 Å². The van der Waals surface area contributed by atoms with Gasteiger partial charge >= 0.3 is 12.3 Å². The van der Waals surface area contributed by atoms with Gasteiger partial charge in [-0.25, -0.2) is 4.79 Å². The largest absolute Gasteiger partial charge is 0.453 e. The number of benzene rings is 1. The summed E-state index contributed by atoms with van der Waals surface area (Å²) in [7, 11) is 1.30. The molecular formula is C13H14F3NO2. The fourth-order valence-electron chi connectivity index (χ4n) is 2.34. The molecule has 104 valence electrons. The molecule has 1 heterocycles. The highest BCUT2D eigenvalue weighted by molar-refractivity contribution is 5.68. The van der Waals surface area contributed by atoms with Crippen molar-refractivity contribution in [2.45, 2.75) is 25.1 Å². The van der Waals surface area contributed by atoms with Crippen molar-refractivity contribution >= 4 is 6.09 Å². The summed E-state index contributed by atoms with van der Waals surface area (Å²) in [4.78, 5) is 13.1. The summed E-state index contributed by atoms with van der Waals surface area (Å²) in [6.07, 6.45) is -3.22. The Morgan fingerprint density at radius 2 is 1.95 bits per heavy atom. The Bertz CT molecular complexity index is 456. The Labute approximate surface area is 109 Å². The number of alkyl halides is 3. The minimum Gasteiger partial charge on any atom is -0.453 e. The molecule has 0 N–H and O–H groups in total. The third-order valence-corrected chi connectivity index (χ3v) is 3.28. The second-order valence-corrected chi connectivity index (χ2v) is 4.44. The Balaban J connectivity index is 2.20. The van der Waals surface area contributed by atoms with Crippen LogP contribution < -0.4 is 0 Å². The summed E-state index contributed by atoms with van der Waals surface area (Å²) >= 11 is 0. The van der Waals surface area contributed by atoms with Gasteiger partial charge in [-0.1, -0.05) is 12.1 Å². The maximum atomic E-state index is 12.5. The van der Waals surface area contributed by atoms with Crippen molar-refractivity contribution in [2.75, 3.05) is 13.7 Å². The zero-order valence-corrected chi connectivity index (χ0v) is 10.4. The molecule has 1 atom stereocenters. The summed E-state index contributed by atoms with van der Waals surface area (Å²) < 4.78 is 42.1. The van der Waals surface area contributed by atoms with Gasteiger partial charge in [-0.05, 0) is 30.5 Å². The number of hydrogen-bond acceptors (Lipinski definition) is 2. The average Bonchev–Trinajstić information content (AvgIpc) is 2.86. The van der Waals surface area contributed by atoms with Crippen LogP contribution in [-0.2, 0) is 10.9 Å². The van der Waals surface area contributed by atoms with E-state index in [1.54, 1.807) is 4.90 Å². The van der Waals surface area contributed by atoms with Crippen molar-refractivity contribution in [3.63, 3.8) is 0 Å². The van der Waals surface area contributed by atoms with E-state index in [0.29, 0.717) is 12.1 Å². The minimum atomic E-state index is -4.34. The Kier molecular flexibility index (Phi) is 3.68. The van der Waals surface area contributed by atoms with Crippen LogP contribution in [0.25, 0.3) is 0 Å². The summed E-state index contributed by atoms with van der Waals surface area (Å²) in [5.74, 6) is 0. The molecule has 1 amide bonds. The van der Waals surface area contributed by atoms with Gasteiger partial charge in [0, 0.05) is 6.54 Å². The first kappa shape index (κ1) is 13.7. The van der Waals surface area contributed by atoms with Gasteiger partial charge in [-0.3, -0.25) is 0 Å². The molecule has 1 aliphatic rings. The molecule has 2 rings (SSSR count). The summed E-state index contributed by atoms with van der Waals surface area (Å²) in [6.45, 7) is 0.568. The van der Waals surface area contributed by atoms with Crippen molar-refractivity contribution in [3.05, 3.63) is 35.4 Å². The number of carbonyl (C=O) groups is 1. The van der Waals surface area contributed by atoms with Crippen LogP contribution in [-0.4, -0.2) is 24.6 Å². The van der Waals surface area contributed by atoms with Gasteiger partial charge in [0.2, 0.25) is 0 Å². The van der Waals surface area contributed by atoms with E-state index in [1.165, 1.54) is 19.2 Å². The quantitative estimate of drug-likeness (QED) is 0.782. The smallest absolute Gasteiger partial charge is 0.416 e. The molecule has 1 aromatic carbocycles. The number of likely N-dealkylation sites (tertiary alicyclic amines) is 1. The highest BCUT2D eigenvalue weighted by Crippen LogP contribution is 2.34. The van der Waals surface area contributed by atoms with E-state index in [9.17, 15) is 18.0 Å². The van der Waals surface area contributed by atoms with Gasteiger partial charge in [0.05, 0.1) is 18.7 Å². The molecule has 0 saturated carbocycles. The number of carbonyl (C=O) groups excluding carboxylic acids is 1. The topological polar surface area (TPSA) is 29.5 Å². The lowest BCUT2D eigenvalue weighted by molar-refractivity contribution is -0.137. The van der Waals surface area contributed by atoms with Crippen molar-refractivity contribution in [1.82, 2.24) is 4.90 Å². The molecule has 19 heavy (non-hydrogen) atoms. The highest BCUT2D eigenvalue weighted by Gasteiger charge is 2.33. The van der Waals surface area contributed by atoms with Crippen molar-refractivity contribution < 1.29 is 22.7 Å². The number of hydrogen-bond donors (Lipinski definition) is 0. The third kappa shape index (κ3) is 2.83. The third-order valence-electron chi connectivity index (χ3n) is 3.28. The van der Waals surface area contributed by atoms with Crippen molar-refractivity contribution in [3.8, 4) is 0 Å². The van der Waals surface area contributed by atoms with Crippen LogP contribution in [0.3, 0.4) is 0 Å². The van der Waals surface area contributed by atoms with E-state index in [0.717, 1.165) is 25.0 Å². The number of ether oxygens (including phenoxy) is 1. The summed E-state index contributed by atoms with van der Waals surface area (Å²) in [5, 5.41) is 0. The summed E-state index contributed by atoms with van der Waals surface area (Å²) in [6, 6.07) is 4.74. The molecule has 6 heteroatoms. The predicted molar refractivity (Wildman–Crippen MR) is 62.5 cm³/mol. The van der Waals surface area contributed by atoms with Crippen LogP contribution in [0, 0.1) is 0 Å². The molecule has 3 nitrogen and oxygen atoms in total. The number of amides is 1. The van der Waals surface area contributed by atoms with Crippen LogP contribution >= 0.6 is 0 Å². The number of halogens is 3. The molecule has 1 unspecified atom stereocenters.